The summed E-state index contributed by atoms with van der Waals surface area (Å²) in [5, 5.41) is 2.75. The number of rotatable bonds is 2. The zero-order chi connectivity index (χ0) is 11.5. The third kappa shape index (κ3) is 4.32. The van der Waals surface area contributed by atoms with Gasteiger partial charge in [0.25, 0.3) is 0 Å². The van der Waals surface area contributed by atoms with Gasteiger partial charge in [-0.05, 0) is 33.6 Å². The van der Waals surface area contributed by atoms with Crippen LogP contribution in [0, 0.1) is 5.92 Å². The minimum absolute atomic E-state index is 0.0212. The Morgan fingerprint density at radius 2 is 2.20 bits per heavy atom. The summed E-state index contributed by atoms with van der Waals surface area (Å²) in [7, 11) is 0. The molecule has 0 spiro atoms. The Morgan fingerprint density at radius 1 is 1.53 bits per heavy atom. The van der Waals surface area contributed by atoms with Gasteiger partial charge in [0.1, 0.15) is 5.60 Å². The lowest BCUT2D eigenvalue weighted by Gasteiger charge is -2.24. The number of carbonyl (C=O) groups excluding carboxylic acids is 2. The van der Waals surface area contributed by atoms with Crippen molar-refractivity contribution in [2.24, 2.45) is 5.92 Å². The molecule has 86 valence electrons. The van der Waals surface area contributed by atoms with E-state index in [0.717, 1.165) is 19.4 Å². The molecule has 4 heteroatoms. The average molecular weight is 213 g/mol. The van der Waals surface area contributed by atoms with Crippen LogP contribution in [0.15, 0.2) is 0 Å². The summed E-state index contributed by atoms with van der Waals surface area (Å²) in [5.41, 5.74) is -0.470. The lowest BCUT2D eigenvalue weighted by atomic mass is 9.95. The van der Waals surface area contributed by atoms with E-state index in [9.17, 15) is 9.59 Å². The van der Waals surface area contributed by atoms with Crippen LogP contribution in [0.1, 0.15) is 40.0 Å². The smallest absolute Gasteiger partial charge is 0.307 e. The van der Waals surface area contributed by atoms with Crippen LogP contribution >= 0.6 is 0 Å². The molecule has 0 aromatic rings. The van der Waals surface area contributed by atoms with Crippen molar-refractivity contribution in [1.82, 2.24) is 5.32 Å². The minimum atomic E-state index is -0.470. The molecule has 1 atom stereocenters. The molecule has 0 bridgehead atoms. The van der Waals surface area contributed by atoms with Crippen molar-refractivity contribution < 1.29 is 14.3 Å². The van der Waals surface area contributed by atoms with Crippen molar-refractivity contribution in [2.75, 3.05) is 6.54 Å². The Morgan fingerprint density at radius 3 is 2.73 bits per heavy atom. The lowest BCUT2D eigenvalue weighted by molar-refractivity contribution is -0.157. The van der Waals surface area contributed by atoms with Gasteiger partial charge >= 0.3 is 5.97 Å². The largest absolute Gasteiger partial charge is 0.460 e. The third-order valence-corrected chi connectivity index (χ3v) is 2.23. The van der Waals surface area contributed by atoms with Gasteiger partial charge in [-0.3, -0.25) is 9.59 Å². The molecule has 0 saturated carbocycles. The van der Waals surface area contributed by atoms with Crippen LogP contribution in [-0.4, -0.2) is 24.0 Å². The normalized spacial score (nSPS) is 22.1. The van der Waals surface area contributed by atoms with Crippen molar-refractivity contribution >= 4 is 11.9 Å². The van der Waals surface area contributed by atoms with E-state index in [1.807, 2.05) is 20.8 Å². The van der Waals surface area contributed by atoms with Gasteiger partial charge in [-0.2, -0.15) is 0 Å². The van der Waals surface area contributed by atoms with E-state index in [1.165, 1.54) is 0 Å². The van der Waals surface area contributed by atoms with E-state index in [1.54, 1.807) is 0 Å². The maximum atomic E-state index is 11.5. The summed E-state index contributed by atoms with van der Waals surface area (Å²) in [6.07, 6.45) is 1.92. The molecule has 1 saturated heterocycles. The first-order valence-corrected chi connectivity index (χ1v) is 5.38. The predicted octanol–water partition coefficient (Wildman–Crippen LogP) is 1.24. The number of piperidine rings is 1. The fourth-order valence-electron chi connectivity index (χ4n) is 1.61. The standard InChI is InChI=1S/C11H19NO3/c1-11(2,3)15-9(13)7-8-5-4-6-12-10(8)14/h8H,4-7H2,1-3H3,(H,12,14). The molecule has 1 amide bonds. The number of amides is 1. The Bertz CT molecular complexity index is 255. The number of hydrogen-bond acceptors (Lipinski definition) is 3. The molecule has 15 heavy (non-hydrogen) atoms. The molecule has 0 aromatic carbocycles. The topological polar surface area (TPSA) is 55.4 Å². The van der Waals surface area contributed by atoms with Crippen LogP contribution in [0.25, 0.3) is 0 Å². The highest BCUT2D eigenvalue weighted by Crippen LogP contribution is 2.18. The van der Waals surface area contributed by atoms with E-state index in [0.29, 0.717) is 0 Å². The molecule has 1 aliphatic heterocycles. The molecule has 0 radical (unpaired) electrons. The summed E-state index contributed by atoms with van der Waals surface area (Å²) >= 11 is 0. The molecule has 1 aliphatic rings. The number of hydrogen-bond donors (Lipinski definition) is 1. The molecular formula is C11H19NO3. The molecule has 4 nitrogen and oxygen atoms in total. The Balaban J connectivity index is 2.40. The van der Waals surface area contributed by atoms with Crippen molar-refractivity contribution in [2.45, 2.75) is 45.6 Å². The molecule has 1 fully saturated rings. The Kier molecular flexibility index (Phi) is 3.72. The highest BCUT2D eigenvalue weighted by atomic mass is 16.6. The van der Waals surface area contributed by atoms with Crippen molar-refractivity contribution in [3.63, 3.8) is 0 Å². The van der Waals surface area contributed by atoms with Gasteiger partial charge in [-0.15, -0.1) is 0 Å². The zero-order valence-corrected chi connectivity index (χ0v) is 9.63. The van der Waals surface area contributed by atoms with Crippen LogP contribution in [0.4, 0.5) is 0 Å². The van der Waals surface area contributed by atoms with E-state index in [4.69, 9.17) is 4.74 Å². The summed E-state index contributed by atoms with van der Waals surface area (Å²) in [6, 6.07) is 0. The molecule has 1 rings (SSSR count). The molecule has 0 aromatic heterocycles. The highest BCUT2D eigenvalue weighted by Gasteiger charge is 2.27. The van der Waals surface area contributed by atoms with E-state index in [2.05, 4.69) is 5.32 Å². The molecular weight excluding hydrogens is 194 g/mol. The number of ether oxygens (including phenoxy) is 1. The summed E-state index contributed by atoms with van der Waals surface area (Å²) in [5.74, 6) is -0.509. The maximum Gasteiger partial charge on any atom is 0.307 e. The molecule has 1 unspecified atom stereocenters. The van der Waals surface area contributed by atoms with Crippen molar-refractivity contribution in [3.8, 4) is 0 Å². The maximum absolute atomic E-state index is 11.5. The number of esters is 1. The van der Waals surface area contributed by atoms with E-state index < -0.39 is 5.60 Å². The SMILES string of the molecule is CC(C)(C)OC(=O)CC1CCCNC1=O. The van der Waals surface area contributed by atoms with Gasteiger partial charge in [-0.25, -0.2) is 0 Å². The van der Waals surface area contributed by atoms with Gasteiger partial charge in [0.05, 0.1) is 6.42 Å². The lowest BCUT2D eigenvalue weighted by Crippen LogP contribution is -2.38. The average Bonchev–Trinajstić information content (AvgIpc) is 2.05. The minimum Gasteiger partial charge on any atom is -0.460 e. The van der Waals surface area contributed by atoms with Gasteiger partial charge in [0.2, 0.25) is 5.91 Å². The van der Waals surface area contributed by atoms with E-state index in [-0.39, 0.29) is 24.2 Å². The third-order valence-electron chi connectivity index (χ3n) is 2.23. The van der Waals surface area contributed by atoms with Gasteiger partial charge in [0, 0.05) is 12.5 Å². The molecule has 1 N–H and O–H groups in total. The van der Waals surface area contributed by atoms with E-state index >= 15 is 0 Å². The van der Waals surface area contributed by atoms with Crippen LogP contribution in [0.2, 0.25) is 0 Å². The monoisotopic (exact) mass is 213 g/mol. The highest BCUT2D eigenvalue weighted by molar-refractivity contribution is 5.84. The number of nitrogens with one attached hydrogen (secondary N) is 1. The van der Waals surface area contributed by atoms with Crippen LogP contribution in [0.5, 0.6) is 0 Å². The first-order chi connectivity index (χ1) is 6.88. The Hall–Kier alpha value is -1.06. The molecule has 1 heterocycles. The Labute approximate surface area is 90.4 Å². The van der Waals surface area contributed by atoms with Crippen LogP contribution < -0.4 is 5.32 Å². The first kappa shape index (κ1) is 12.0. The molecule has 0 aliphatic carbocycles. The predicted molar refractivity (Wildman–Crippen MR) is 56.2 cm³/mol. The van der Waals surface area contributed by atoms with Gasteiger partial charge in [0.15, 0.2) is 0 Å². The fourth-order valence-corrected chi connectivity index (χ4v) is 1.61. The van der Waals surface area contributed by atoms with Crippen molar-refractivity contribution in [1.29, 1.82) is 0 Å². The second kappa shape index (κ2) is 4.64. The zero-order valence-electron chi connectivity index (χ0n) is 9.63. The van der Waals surface area contributed by atoms with Crippen LogP contribution in [0.3, 0.4) is 0 Å². The fraction of sp³-hybridized carbons (Fsp3) is 0.818. The van der Waals surface area contributed by atoms with Crippen LogP contribution in [-0.2, 0) is 14.3 Å². The van der Waals surface area contributed by atoms with Crippen molar-refractivity contribution in [3.05, 3.63) is 0 Å². The van der Waals surface area contributed by atoms with Gasteiger partial charge < -0.3 is 10.1 Å². The number of carbonyl (C=O) groups is 2. The second-order valence-electron chi connectivity index (χ2n) is 4.92. The quantitative estimate of drug-likeness (QED) is 0.702. The van der Waals surface area contributed by atoms with Gasteiger partial charge in [-0.1, -0.05) is 0 Å². The second-order valence-corrected chi connectivity index (χ2v) is 4.92. The summed E-state index contributed by atoms with van der Waals surface area (Å²) < 4.78 is 5.17. The summed E-state index contributed by atoms with van der Waals surface area (Å²) in [6.45, 7) is 6.20. The summed E-state index contributed by atoms with van der Waals surface area (Å²) in [4.78, 5) is 22.8. The first-order valence-electron chi connectivity index (χ1n) is 5.38.